The molecule has 0 fully saturated rings. The van der Waals surface area contributed by atoms with Gasteiger partial charge in [-0.25, -0.2) is 0 Å². The first-order valence-corrected chi connectivity index (χ1v) is 4.73. The molecule has 0 saturated carbocycles. The maximum atomic E-state index is 7.00. The highest BCUT2D eigenvalue weighted by molar-refractivity contribution is 5.85. The van der Waals surface area contributed by atoms with Gasteiger partial charge in [0, 0.05) is 13.7 Å². The zero-order valence-electron chi connectivity index (χ0n) is 9.22. The molecule has 1 unspecified atom stereocenters. The number of hydrogen-bond acceptors (Lipinski definition) is 3. The monoisotopic (exact) mass is 233 g/mol. The second-order valence-electron chi connectivity index (χ2n) is 2.70. The smallest absolute Gasteiger partial charge is 0.119 e. The molecule has 15 heavy (non-hydrogen) atoms. The molecular weight excluding hydrogens is 214 g/mol. The van der Waals surface area contributed by atoms with Crippen molar-refractivity contribution in [1.29, 1.82) is 0 Å². The number of aliphatic hydroxyl groups excluding tert-OH is 1. The average molecular weight is 234 g/mol. The molecule has 0 heterocycles. The van der Waals surface area contributed by atoms with Crippen molar-refractivity contribution in [3.05, 3.63) is 30.3 Å². The van der Waals surface area contributed by atoms with Gasteiger partial charge in [-0.1, -0.05) is 25.1 Å². The Morgan fingerprint density at radius 3 is 2.20 bits per heavy atom. The molecule has 3 nitrogen and oxygen atoms in total. The van der Waals surface area contributed by atoms with Crippen LogP contribution in [0.4, 0.5) is 0 Å². The second kappa shape index (κ2) is 11.3. The molecule has 1 atom stereocenters. The van der Waals surface area contributed by atoms with E-state index in [1.54, 1.807) is 0 Å². The molecule has 88 valence electrons. The van der Waals surface area contributed by atoms with Crippen molar-refractivity contribution in [3.63, 3.8) is 0 Å². The van der Waals surface area contributed by atoms with E-state index in [2.05, 4.69) is 6.92 Å². The van der Waals surface area contributed by atoms with Crippen LogP contribution >= 0.6 is 12.4 Å². The fourth-order valence-electron chi connectivity index (χ4n) is 0.990. The third kappa shape index (κ3) is 7.19. The second-order valence-corrected chi connectivity index (χ2v) is 2.70. The fourth-order valence-corrected chi connectivity index (χ4v) is 0.990. The molecule has 0 aliphatic rings. The summed E-state index contributed by atoms with van der Waals surface area (Å²) in [5.41, 5.74) is 5.51. The quantitative estimate of drug-likeness (QED) is 0.835. The maximum Gasteiger partial charge on any atom is 0.119 e. The highest BCUT2D eigenvalue weighted by atomic mass is 35.5. The number of nitrogens with two attached hydrogens (primary N) is 1. The van der Waals surface area contributed by atoms with Crippen molar-refractivity contribution in [1.82, 2.24) is 0 Å². The van der Waals surface area contributed by atoms with Crippen LogP contribution in [0.5, 0.6) is 5.75 Å². The third-order valence-electron chi connectivity index (χ3n) is 1.76. The van der Waals surface area contributed by atoms with Crippen LogP contribution in [-0.2, 0) is 0 Å². The van der Waals surface area contributed by atoms with Gasteiger partial charge in [-0.3, -0.25) is 0 Å². The van der Waals surface area contributed by atoms with Crippen molar-refractivity contribution >= 4 is 12.4 Å². The average Bonchev–Trinajstić information content (AvgIpc) is 2.30. The van der Waals surface area contributed by atoms with E-state index < -0.39 is 0 Å². The lowest BCUT2D eigenvalue weighted by molar-refractivity contribution is 0.205. The summed E-state index contributed by atoms with van der Waals surface area (Å²) in [6.07, 6.45) is 1.10. The first-order valence-electron chi connectivity index (χ1n) is 4.73. The Morgan fingerprint density at radius 2 is 1.80 bits per heavy atom. The van der Waals surface area contributed by atoms with E-state index in [-0.39, 0.29) is 18.5 Å². The predicted molar refractivity (Wildman–Crippen MR) is 65.6 cm³/mol. The summed E-state index contributed by atoms with van der Waals surface area (Å²) in [7, 11) is 1.00. The first-order chi connectivity index (χ1) is 6.86. The molecule has 0 aromatic heterocycles. The molecular formula is C11H20ClNO2. The summed E-state index contributed by atoms with van der Waals surface area (Å²) < 4.78 is 5.59. The van der Waals surface area contributed by atoms with Gasteiger partial charge in [0.2, 0.25) is 0 Å². The van der Waals surface area contributed by atoms with Crippen LogP contribution in [0.1, 0.15) is 13.3 Å². The molecule has 0 saturated heterocycles. The van der Waals surface area contributed by atoms with E-state index in [1.807, 2.05) is 30.3 Å². The van der Waals surface area contributed by atoms with Crippen LogP contribution in [0, 0.1) is 0 Å². The van der Waals surface area contributed by atoms with Crippen LogP contribution < -0.4 is 10.5 Å². The van der Waals surface area contributed by atoms with Crippen LogP contribution in [0.3, 0.4) is 0 Å². The standard InChI is InChI=1S/C10H15NO.CH4O.ClH/c1-2-9(8-11)12-10-6-4-3-5-7-10;1-2;/h3-7,9H,2,8,11H2,1H3;2H,1H3;1H. The minimum Gasteiger partial charge on any atom is -0.489 e. The topological polar surface area (TPSA) is 55.5 Å². The highest BCUT2D eigenvalue weighted by Gasteiger charge is 2.03. The first kappa shape index (κ1) is 16.7. The molecule has 0 aliphatic carbocycles. The van der Waals surface area contributed by atoms with E-state index in [9.17, 15) is 0 Å². The molecule has 1 aromatic carbocycles. The lowest BCUT2D eigenvalue weighted by Gasteiger charge is -2.14. The number of hydrogen-bond donors (Lipinski definition) is 2. The Morgan fingerprint density at radius 1 is 1.27 bits per heavy atom. The van der Waals surface area contributed by atoms with E-state index in [0.717, 1.165) is 19.3 Å². The minimum absolute atomic E-state index is 0. The normalized spacial score (nSPS) is 10.4. The number of ether oxygens (including phenoxy) is 1. The fraction of sp³-hybridized carbons (Fsp3) is 0.455. The largest absolute Gasteiger partial charge is 0.489 e. The zero-order chi connectivity index (χ0) is 10.8. The number of aliphatic hydroxyl groups is 1. The van der Waals surface area contributed by atoms with Gasteiger partial charge in [0.15, 0.2) is 0 Å². The van der Waals surface area contributed by atoms with Crippen molar-refractivity contribution < 1.29 is 9.84 Å². The van der Waals surface area contributed by atoms with Gasteiger partial charge in [-0.2, -0.15) is 0 Å². The van der Waals surface area contributed by atoms with Gasteiger partial charge in [-0.15, -0.1) is 12.4 Å². The van der Waals surface area contributed by atoms with Crippen molar-refractivity contribution in [2.24, 2.45) is 5.73 Å². The summed E-state index contributed by atoms with van der Waals surface area (Å²) in [4.78, 5) is 0. The molecule has 0 amide bonds. The maximum absolute atomic E-state index is 7.00. The molecule has 0 radical (unpaired) electrons. The van der Waals surface area contributed by atoms with E-state index >= 15 is 0 Å². The molecule has 4 heteroatoms. The summed E-state index contributed by atoms with van der Waals surface area (Å²) in [5.74, 6) is 0.898. The van der Waals surface area contributed by atoms with Crippen molar-refractivity contribution in [3.8, 4) is 5.75 Å². The number of benzene rings is 1. The number of rotatable bonds is 4. The van der Waals surface area contributed by atoms with Crippen molar-refractivity contribution in [2.75, 3.05) is 13.7 Å². The van der Waals surface area contributed by atoms with Gasteiger partial charge < -0.3 is 15.6 Å². The Labute approximate surface area is 97.7 Å². The van der Waals surface area contributed by atoms with E-state index in [1.165, 1.54) is 0 Å². The van der Waals surface area contributed by atoms with Gasteiger partial charge in [0.1, 0.15) is 11.9 Å². The molecule has 0 bridgehead atoms. The van der Waals surface area contributed by atoms with Crippen LogP contribution in [0.2, 0.25) is 0 Å². The molecule has 1 rings (SSSR count). The van der Waals surface area contributed by atoms with Crippen molar-refractivity contribution in [2.45, 2.75) is 19.4 Å². The lowest BCUT2D eigenvalue weighted by atomic mass is 10.3. The van der Waals surface area contributed by atoms with Gasteiger partial charge >= 0.3 is 0 Å². The zero-order valence-corrected chi connectivity index (χ0v) is 10.0. The number of para-hydroxylation sites is 1. The van der Waals surface area contributed by atoms with Gasteiger partial charge in [0.25, 0.3) is 0 Å². The Kier molecular flexibility index (Phi) is 12.6. The van der Waals surface area contributed by atoms with Gasteiger partial charge in [-0.05, 0) is 18.6 Å². The lowest BCUT2D eigenvalue weighted by Crippen LogP contribution is -2.25. The Hall–Kier alpha value is -0.770. The molecule has 0 spiro atoms. The Balaban J connectivity index is 0. The number of halogens is 1. The van der Waals surface area contributed by atoms with E-state index in [4.69, 9.17) is 15.6 Å². The molecule has 1 aromatic rings. The molecule has 0 aliphatic heterocycles. The SMILES string of the molecule is CCC(CN)Oc1ccccc1.CO.Cl. The summed E-state index contributed by atoms with van der Waals surface area (Å²) in [6, 6.07) is 9.77. The summed E-state index contributed by atoms with van der Waals surface area (Å²) in [5, 5.41) is 7.00. The highest BCUT2D eigenvalue weighted by Crippen LogP contribution is 2.11. The predicted octanol–water partition coefficient (Wildman–Crippen LogP) is 1.83. The minimum atomic E-state index is 0. The summed E-state index contributed by atoms with van der Waals surface area (Å²) in [6.45, 7) is 2.64. The summed E-state index contributed by atoms with van der Waals surface area (Å²) >= 11 is 0. The molecule has 3 N–H and O–H groups in total. The third-order valence-corrected chi connectivity index (χ3v) is 1.76. The van der Waals surface area contributed by atoms with E-state index in [0.29, 0.717) is 6.54 Å². The van der Waals surface area contributed by atoms with Crippen LogP contribution in [-0.4, -0.2) is 24.9 Å². The van der Waals surface area contributed by atoms with Gasteiger partial charge in [0.05, 0.1) is 0 Å². The van der Waals surface area contributed by atoms with Crippen LogP contribution in [0.25, 0.3) is 0 Å². The Bertz CT molecular complexity index is 215. The van der Waals surface area contributed by atoms with Crippen LogP contribution in [0.15, 0.2) is 30.3 Å².